The number of aromatic nitrogens is 1. The molecule has 0 bridgehead atoms. The Kier molecular flexibility index (Phi) is 3.25. The molecule has 17 heavy (non-hydrogen) atoms. The Morgan fingerprint density at radius 2 is 2.12 bits per heavy atom. The zero-order valence-corrected chi connectivity index (χ0v) is 10.6. The fraction of sp³-hybridized carbons (Fsp3) is 0.462. The number of nitrogens with one attached hydrogen (secondary N) is 2. The van der Waals surface area contributed by atoms with Gasteiger partial charge in [0, 0.05) is 18.0 Å². The molecule has 0 unspecified atom stereocenters. The van der Waals surface area contributed by atoms with E-state index in [0.29, 0.717) is 0 Å². The van der Waals surface area contributed by atoms with Crippen molar-refractivity contribution in [1.29, 1.82) is 0 Å². The van der Waals surface area contributed by atoms with Crippen molar-refractivity contribution in [3.05, 3.63) is 24.3 Å². The first-order chi connectivity index (χ1) is 8.43. The molecule has 2 N–H and O–H groups in total. The van der Waals surface area contributed by atoms with Crippen LogP contribution < -0.4 is 10.6 Å². The maximum Gasteiger partial charge on any atom is 0.117 e. The summed E-state index contributed by atoms with van der Waals surface area (Å²) in [5.41, 5.74) is 1.09. The van der Waals surface area contributed by atoms with Gasteiger partial charge in [0.25, 0.3) is 0 Å². The summed E-state index contributed by atoms with van der Waals surface area (Å²) < 4.78 is 4.42. The van der Waals surface area contributed by atoms with Crippen molar-refractivity contribution in [1.82, 2.24) is 9.69 Å². The zero-order valence-electron chi connectivity index (χ0n) is 9.78. The molecule has 0 atom stereocenters. The van der Waals surface area contributed by atoms with E-state index in [1.54, 1.807) is 11.5 Å². The van der Waals surface area contributed by atoms with Gasteiger partial charge in [-0.3, -0.25) is 0 Å². The molecule has 1 aliphatic rings. The van der Waals surface area contributed by atoms with Crippen LogP contribution in [-0.2, 0) is 0 Å². The number of rotatable bonds is 6. The lowest BCUT2D eigenvalue weighted by Crippen LogP contribution is -2.19. The van der Waals surface area contributed by atoms with Crippen LogP contribution in [0.3, 0.4) is 0 Å². The van der Waals surface area contributed by atoms with Crippen LogP contribution in [0.15, 0.2) is 24.3 Å². The first-order valence-electron chi connectivity index (χ1n) is 6.25. The summed E-state index contributed by atoms with van der Waals surface area (Å²) in [6.45, 7) is 2.14. The van der Waals surface area contributed by atoms with Crippen LogP contribution >= 0.6 is 11.5 Å². The first kappa shape index (κ1) is 11.0. The topological polar surface area (TPSA) is 37.0 Å². The SMILES string of the molecule is c1ccc2c(NCCCNC3CC3)snc2c1. The minimum atomic E-state index is 0.819. The summed E-state index contributed by atoms with van der Waals surface area (Å²) in [5, 5.41) is 9.44. The monoisotopic (exact) mass is 247 g/mol. The first-order valence-corrected chi connectivity index (χ1v) is 7.02. The van der Waals surface area contributed by atoms with Gasteiger partial charge in [-0.25, -0.2) is 0 Å². The Hall–Kier alpha value is -1.13. The van der Waals surface area contributed by atoms with Crippen LogP contribution in [0.2, 0.25) is 0 Å². The fourth-order valence-corrected chi connectivity index (χ4v) is 2.69. The summed E-state index contributed by atoms with van der Waals surface area (Å²) in [5.74, 6) is 0. The second kappa shape index (κ2) is 5.02. The molecule has 0 saturated heterocycles. The maximum absolute atomic E-state index is 4.42. The summed E-state index contributed by atoms with van der Waals surface area (Å²) in [7, 11) is 0. The average molecular weight is 247 g/mol. The van der Waals surface area contributed by atoms with Crippen molar-refractivity contribution in [3.63, 3.8) is 0 Å². The van der Waals surface area contributed by atoms with Crippen molar-refractivity contribution in [3.8, 4) is 0 Å². The molecule has 3 rings (SSSR count). The van der Waals surface area contributed by atoms with Gasteiger partial charge in [0.15, 0.2) is 0 Å². The molecule has 0 spiro atoms. The molecule has 0 radical (unpaired) electrons. The van der Waals surface area contributed by atoms with Gasteiger partial charge in [0.05, 0.1) is 5.52 Å². The van der Waals surface area contributed by atoms with E-state index < -0.39 is 0 Å². The number of benzene rings is 1. The molecule has 3 nitrogen and oxygen atoms in total. The van der Waals surface area contributed by atoms with Gasteiger partial charge in [-0.05, 0) is 49.5 Å². The molecule has 1 aromatic heterocycles. The summed E-state index contributed by atoms with van der Waals surface area (Å²) >= 11 is 1.56. The molecule has 0 aliphatic heterocycles. The number of hydrogen-bond acceptors (Lipinski definition) is 4. The Balaban J connectivity index is 1.50. The maximum atomic E-state index is 4.42. The Morgan fingerprint density at radius 3 is 3.00 bits per heavy atom. The highest BCUT2D eigenvalue weighted by Gasteiger charge is 2.19. The van der Waals surface area contributed by atoms with Crippen LogP contribution in [0.4, 0.5) is 5.00 Å². The minimum Gasteiger partial charge on any atom is -0.375 e. The second-order valence-electron chi connectivity index (χ2n) is 4.54. The summed E-state index contributed by atoms with van der Waals surface area (Å²) in [6, 6.07) is 9.11. The Labute approximate surface area is 105 Å². The van der Waals surface area contributed by atoms with Crippen LogP contribution in [0.5, 0.6) is 0 Å². The van der Waals surface area contributed by atoms with E-state index in [0.717, 1.165) is 24.6 Å². The molecule has 1 heterocycles. The van der Waals surface area contributed by atoms with Crippen LogP contribution in [-0.4, -0.2) is 23.5 Å². The highest BCUT2D eigenvalue weighted by Crippen LogP contribution is 2.27. The molecule has 2 aromatic rings. The number of anilines is 1. The van der Waals surface area contributed by atoms with E-state index in [9.17, 15) is 0 Å². The normalized spacial score (nSPS) is 15.3. The lowest BCUT2D eigenvalue weighted by Gasteiger charge is -2.04. The highest BCUT2D eigenvalue weighted by molar-refractivity contribution is 7.11. The van der Waals surface area contributed by atoms with E-state index in [2.05, 4.69) is 33.2 Å². The van der Waals surface area contributed by atoms with Gasteiger partial charge in [-0.1, -0.05) is 12.1 Å². The zero-order chi connectivity index (χ0) is 11.5. The fourth-order valence-electron chi connectivity index (χ4n) is 1.90. The molecule has 4 heteroatoms. The van der Waals surface area contributed by atoms with Gasteiger partial charge in [0.1, 0.15) is 5.00 Å². The quantitative estimate of drug-likeness (QED) is 0.771. The van der Waals surface area contributed by atoms with E-state index >= 15 is 0 Å². The van der Waals surface area contributed by atoms with Crippen LogP contribution in [0.25, 0.3) is 10.9 Å². The highest BCUT2D eigenvalue weighted by atomic mass is 32.1. The number of hydrogen-bond donors (Lipinski definition) is 2. The second-order valence-corrected chi connectivity index (χ2v) is 5.31. The van der Waals surface area contributed by atoms with Crippen molar-refractivity contribution in [2.45, 2.75) is 25.3 Å². The smallest absolute Gasteiger partial charge is 0.117 e. The molecule has 1 saturated carbocycles. The molecule has 1 aliphatic carbocycles. The molecule has 1 fully saturated rings. The van der Waals surface area contributed by atoms with Crippen molar-refractivity contribution >= 4 is 27.4 Å². The van der Waals surface area contributed by atoms with Crippen molar-refractivity contribution in [2.75, 3.05) is 18.4 Å². The minimum absolute atomic E-state index is 0.819. The molecule has 1 aromatic carbocycles. The summed E-state index contributed by atoms with van der Waals surface area (Å²) in [4.78, 5) is 0. The molecular weight excluding hydrogens is 230 g/mol. The largest absolute Gasteiger partial charge is 0.375 e. The Bertz CT molecular complexity index is 490. The lowest BCUT2D eigenvalue weighted by molar-refractivity contribution is 0.659. The standard InChI is InChI=1S/C13H17N3S/c1-2-5-12-11(4-1)13(17-16-12)15-9-3-8-14-10-6-7-10/h1-2,4-5,10,14-15H,3,6-9H2. The van der Waals surface area contributed by atoms with E-state index in [4.69, 9.17) is 0 Å². The predicted molar refractivity (Wildman–Crippen MR) is 73.8 cm³/mol. The Morgan fingerprint density at radius 1 is 1.24 bits per heavy atom. The lowest BCUT2D eigenvalue weighted by atomic mass is 10.2. The van der Waals surface area contributed by atoms with E-state index in [1.807, 2.05) is 6.07 Å². The van der Waals surface area contributed by atoms with Gasteiger partial charge >= 0.3 is 0 Å². The predicted octanol–water partition coefficient (Wildman–Crippen LogP) is 2.85. The van der Waals surface area contributed by atoms with E-state index in [1.165, 1.54) is 29.6 Å². The van der Waals surface area contributed by atoms with Gasteiger partial charge in [0.2, 0.25) is 0 Å². The van der Waals surface area contributed by atoms with Crippen molar-refractivity contribution < 1.29 is 0 Å². The number of fused-ring (bicyclic) bond motifs is 1. The third-order valence-electron chi connectivity index (χ3n) is 3.03. The molecular formula is C13H17N3S. The van der Waals surface area contributed by atoms with Gasteiger partial charge < -0.3 is 10.6 Å². The van der Waals surface area contributed by atoms with Gasteiger partial charge in [-0.15, -0.1) is 0 Å². The average Bonchev–Trinajstić information content (AvgIpc) is 3.09. The van der Waals surface area contributed by atoms with Crippen LogP contribution in [0, 0.1) is 0 Å². The molecule has 90 valence electrons. The van der Waals surface area contributed by atoms with E-state index in [-0.39, 0.29) is 0 Å². The third-order valence-corrected chi connectivity index (χ3v) is 3.87. The van der Waals surface area contributed by atoms with Gasteiger partial charge in [-0.2, -0.15) is 4.37 Å². The van der Waals surface area contributed by atoms with Crippen molar-refractivity contribution in [2.24, 2.45) is 0 Å². The third kappa shape index (κ3) is 2.76. The van der Waals surface area contributed by atoms with Crippen LogP contribution in [0.1, 0.15) is 19.3 Å². The summed E-state index contributed by atoms with van der Waals surface area (Å²) in [6.07, 6.45) is 3.91. The number of nitrogens with zero attached hydrogens (tertiary/aromatic N) is 1. The molecule has 0 amide bonds.